The van der Waals surface area contributed by atoms with Crippen molar-refractivity contribution in [3.63, 3.8) is 0 Å². The first-order valence-corrected chi connectivity index (χ1v) is 10.5. The average Bonchev–Trinajstić information content (AvgIpc) is 3.29. The standard InChI is InChI=1S/C23H30O4/c24-20(16-4-2-1-3-5-16)11-10-18-19(22-13-12-21(18)27-22)14-15-6-8-17(9-7-15)23(25)26/h6-11,16,18-22,24H,1-5,12-14H2,(H,25,26)/b11-10+/t18-,19+,20?,21-,22+/m0/s1. The third-order valence-electron chi connectivity index (χ3n) is 6.82. The zero-order chi connectivity index (χ0) is 18.8. The molecule has 4 heteroatoms. The minimum Gasteiger partial charge on any atom is -0.478 e. The maximum Gasteiger partial charge on any atom is 0.335 e. The molecule has 4 rings (SSSR count). The Balaban J connectivity index is 1.43. The summed E-state index contributed by atoms with van der Waals surface area (Å²) in [7, 11) is 0. The van der Waals surface area contributed by atoms with E-state index in [0.29, 0.717) is 23.3 Å². The summed E-state index contributed by atoms with van der Waals surface area (Å²) in [6, 6.07) is 7.22. The Labute approximate surface area is 161 Å². The molecular weight excluding hydrogens is 340 g/mol. The Morgan fingerprint density at radius 2 is 1.78 bits per heavy atom. The van der Waals surface area contributed by atoms with Gasteiger partial charge >= 0.3 is 5.97 Å². The van der Waals surface area contributed by atoms with Crippen LogP contribution in [0.5, 0.6) is 0 Å². The Kier molecular flexibility index (Phi) is 5.65. The van der Waals surface area contributed by atoms with Crippen LogP contribution in [0.15, 0.2) is 36.4 Å². The van der Waals surface area contributed by atoms with Crippen LogP contribution in [0.25, 0.3) is 0 Å². The molecule has 2 N–H and O–H groups in total. The zero-order valence-corrected chi connectivity index (χ0v) is 15.8. The van der Waals surface area contributed by atoms with Gasteiger partial charge in [-0.1, -0.05) is 43.5 Å². The normalized spacial score (nSPS) is 32.2. The summed E-state index contributed by atoms with van der Waals surface area (Å²) >= 11 is 0. The number of hydrogen-bond donors (Lipinski definition) is 2. The van der Waals surface area contributed by atoms with Crippen LogP contribution < -0.4 is 0 Å². The van der Waals surface area contributed by atoms with E-state index in [1.807, 2.05) is 18.2 Å². The van der Waals surface area contributed by atoms with Crippen LogP contribution in [0.4, 0.5) is 0 Å². The first-order chi connectivity index (χ1) is 13.1. The Hall–Kier alpha value is -1.65. The highest BCUT2D eigenvalue weighted by atomic mass is 16.5. The largest absolute Gasteiger partial charge is 0.478 e. The van der Waals surface area contributed by atoms with Crippen molar-refractivity contribution in [1.82, 2.24) is 0 Å². The van der Waals surface area contributed by atoms with Crippen LogP contribution in [-0.4, -0.2) is 34.5 Å². The summed E-state index contributed by atoms with van der Waals surface area (Å²) in [5.41, 5.74) is 1.49. The molecule has 1 aromatic rings. The number of aliphatic hydroxyl groups is 1. The Bertz CT molecular complexity index is 674. The van der Waals surface area contributed by atoms with E-state index in [1.54, 1.807) is 12.1 Å². The number of hydrogen-bond acceptors (Lipinski definition) is 3. The monoisotopic (exact) mass is 370 g/mol. The second-order valence-electron chi connectivity index (χ2n) is 8.51. The van der Waals surface area contributed by atoms with Gasteiger partial charge in [0.1, 0.15) is 0 Å². The van der Waals surface area contributed by atoms with Crippen LogP contribution in [0.3, 0.4) is 0 Å². The van der Waals surface area contributed by atoms with Gasteiger partial charge < -0.3 is 14.9 Å². The van der Waals surface area contributed by atoms with E-state index in [2.05, 4.69) is 6.08 Å². The summed E-state index contributed by atoms with van der Waals surface area (Å²) < 4.78 is 6.18. The maximum atomic E-state index is 11.0. The van der Waals surface area contributed by atoms with E-state index in [4.69, 9.17) is 9.84 Å². The lowest BCUT2D eigenvalue weighted by Gasteiger charge is -2.28. The van der Waals surface area contributed by atoms with Crippen LogP contribution in [0.2, 0.25) is 0 Å². The van der Waals surface area contributed by atoms with Crippen molar-refractivity contribution in [3.8, 4) is 0 Å². The maximum absolute atomic E-state index is 11.0. The van der Waals surface area contributed by atoms with Crippen LogP contribution in [0, 0.1) is 17.8 Å². The average molecular weight is 370 g/mol. The van der Waals surface area contributed by atoms with E-state index >= 15 is 0 Å². The highest BCUT2D eigenvalue weighted by molar-refractivity contribution is 5.87. The number of carboxylic acids is 1. The van der Waals surface area contributed by atoms with E-state index in [9.17, 15) is 9.90 Å². The number of ether oxygens (including phenoxy) is 1. The molecular formula is C23H30O4. The molecule has 2 aliphatic heterocycles. The first kappa shape index (κ1) is 18.7. The highest BCUT2D eigenvalue weighted by Gasteiger charge is 2.47. The van der Waals surface area contributed by atoms with Crippen LogP contribution >= 0.6 is 0 Å². The fourth-order valence-electron chi connectivity index (χ4n) is 5.28. The lowest BCUT2D eigenvalue weighted by molar-refractivity contribution is 0.0696. The summed E-state index contributed by atoms with van der Waals surface area (Å²) in [6.45, 7) is 0. The third kappa shape index (κ3) is 4.12. The molecule has 4 nitrogen and oxygen atoms in total. The lowest BCUT2D eigenvalue weighted by Crippen LogP contribution is -2.28. The van der Waals surface area contributed by atoms with Crippen molar-refractivity contribution in [3.05, 3.63) is 47.5 Å². The zero-order valence-electron chi connectivity index (χ0n) is 15.8. The quantitative estimate of drug-likeness (QED) is 0.736. The molecule has 27 heavy (non-hydrogen) atoms. The van der Waals surface area contributed by atoms with Gasteiger partial charge in [0, 0.05) is 5.92 Å². The molecule has 1 saturated carbocycles. The summed E-state index contributed by atoms with van der Waals surface area (Å²) in [4.78, 5) is 11.0. The van der Waals surface area contributed by atoms with Crippen LogP contribution in [0.1, 0.15) is 60.9 Å². The molecule has 146 valence electrons. The molecule has 0 radical (unpaired) electrons. The summed E-state index contributed by atoms with van der Waals surface area (Å²) in [6.07, 6.45) is 13.6. The molecule has 2 saturated heterocycles. The number of rotatable bonds is 6. The molecule has 1 aromatic carbocycles. The van der Waals surface area contributed by atoms with Crippen molar-refractivity contribution in [2.24, 2.45) is 17.8 Å². The predicted molar refractivity (Wildman–Crippen MR) is 104 cm³/mol. The number of aromatic carboxylic acids is 1. The van der Waals surface area contributed by atoms with E-state index in [1.165, 1.54) is 19.3 Å². The van der Waals surface area contributed by atoms with E-state index in [-0.39, 0.29) is 18.3 Å². The van der Waals surface area contributed by atoms with E-state index in [0.717, 1.165) is 37.7 Å². The predicted octanol–water partition coefficient (Wildman–Crippen LogP) is 4.22. The highest BCUT2D eigenvalue weighted by Crippen LogP contribution is 2.45. The lowest BCUT2D eigenvalue weighted by atomic mass is 9.75. The van der Waals surface area contributed by atoms with Crippen molar-refractivity contribution < 1.29 is 19.7 Å². The fourth-order valence-corrected chi connectivity index (χ4v) is 5.28. The van der Waals surface area contributed by atoms with Crippen molar-refractivity contribution in [1.29, 1.82) is 0 Å². The second kappa shape index (κ2) is 8.15. The molecule has 3 aliphatic rings. The summed E-state index contributed by atoms with van der Waals surface area (Å²) in [5.74, 6) is 0.286. The Morgan fingerprint density at radius 1 is 1.07 bits per heavy atom. The first-order valence-electron chi connectivity index (χ1n) is 10.5. The van der Waals surface area contributed by atoms with Gasteiger partial charge in [-0.3, -0.25) is 0 Å². The second-order valence-corrected chi connectivity index (χ2v) is 8.51. The minimum atomic E-state index is -0.887. The van der Waals surface area contributed by atoms with Gasteiger partial charge in [-0.2, -0.15) is 0 Å². The smallest absolute Gasteiger partial charge is 0.335 e. The number of carbonyl (C=O) groups is 1. The molecule has 2 heterocycles. The molecule has 0 amide bonds. The van der Waals surface area contributed by atoms with Gasteiger partial charge in [0.25, 0.3) is 0 Å². The fraction of sp³-hybridized carbons (Fsp3) is 0.609. The van der Waals surface area contributed by atoms with Gasteiger partial charge in [0.15, 0.2) is 0 Å². The van der Waals surface area contributed by atoms with Crippen molar-refractivity contribution in [2.75, 3.05) is 0 Å². The van der Waals surface area contributed by atoms with Crippen molar-refractivity contribution in [2.45, 2.75) is 69.7 Å². The van der Waals surface area contributed by atoms with Gasteiger partial charge in [-0.15, -0.1) is 0 Å². The third-order valence-corrected chi connectivity index (χ3v) is 6.82. The number of carboxylic acid groups (broad SMARTS) is 1. The molecule has 0 aromatic heterocycles. The molecule has 2 bridgehead atoms. The number of aliphatic hydroxyl groups excluding tert-OH is 1. The molecule has 0 spiro atoms. The van der Waals surface area contributed by atoms with Crippen molar-refractivity contribution >= 4 is 5.97 Å². The number of benzene rings is 1. The SMILES string of the molecule is O=C(O)c1ccc(C[C@@H]2[C@H](/C=C/C(O)C3CCCCC3)[C@@H]3CC[C@H]2O3)cc1. The van der Waals surface area contributed by atoms with Gasteiger partial charge in [0.2, 0.25) is 0 Å². The Morgan fingerprint density at radius 3 is 2.48 bits per heavy atom. The molecule has 5 atom stereocenters. The molecule has 1 unspecified atom stereocenters. The minimum absolute atomic E-state index is 0.271. The number of fused-ring (bicyclic) bond motifs is 2. The van der Waals surface area contributed by atoms with Gasteiger partial charge in [0.05, 0.1) is 23.9 Å². The topological polar surface area (TPSA) is 66.8 Å². The molecule has 3 fully saturated rings. The van der Waals surface area contributed by atoms with Gasteiger partial charge in [-0.25, -0.2) is 4.79 Å². The van der Waals surface area contributed by atoms with Gasteiger partial charge in [-0.05, 0) is 61.6 Å². The molecule has 1 aliphatic carbocycles. The van der Waals surface area contributed by atoms with Crippen LogP contribution in [-0.2, 0) is 11.2 Å². The summed E-state index contributed by atoms with van der Waals surface area (Å²) in [5, 5.41) is 19.6. The van der Waals surface area contributed by atoms with E-state index < -0.39 is 5.97 Å².